The zero-order valence-electron chi connectivity index (χ0n) is 13.0. The lowest BCUT2D eigenvalue weighted by Gasteiger charge is -2.28. The average molecular weight is 355 g/mol. The van der Waals surface area contributed by atoms with Crippen molar-refractivity contribution in [2.45, 2.75) is 28.8 Å². The highest BCUT2D eigenvalue weighted by Gasteiger charge is 2.22. The first-order valence-corrected chi connectivity index (χ1v) is 10.5. The van der Waals surface area contributed by atoms with Crippen LogP contribution in [0.25, 0.3) is 0 Å². The lowest BCUT2D eigenvalue weighted by molar-refractivity contribution is 0.433. The molecule has 1 saturated heterocycles. The zero-order valence-corrected chi connectivity index (χ0v) is 14.7. The van der Waals surface area contributed by atoms with Crippen LogP contribution in [0.3, 0.4) is 0 Å². The van der Waals surface area contributed by atoms with E-state index in [4.69, 9.17) is 0 Å². The van der Waals surface area contributed by atoms with E-state index < -0.39 is 9.84 Å². The second kappa shape index (κ2) is 7.31. The van der Waals surface area contributed by atoms with E-state index in [0.29, 0.717) is 16.7 Å². The summed E-state index contributed by atoms with van der Waals surface area (Å²) in [6, 6.07) is 7.15. The Balaban J connectivity index is 1.59. The SMILES string of the molecule is CS(=O)(=O)c1ccc(C2CN=CC(NCC3CCNS3)N2)cc1. The summed E-state index contributed by atoms with van der Waals surface area (Å²) in [5, 5.41) is 7.59. The number of nitrogens with zero attached hydrogens (tertiary/aromatic N) is 1. The minimum atomic E-state index is -3.15. The van der Waals surface area contributed by atoms with Crippen molar-refractivity contribution in [1.82, 2.24) is 15.4 Å². The topological polar surface area (TPSA) is 82.6 Å². The summed E-state index contributed by atoms with van der Waals surface area (Å²) in [5.74, 6) is 0. The summed E-state index contributed by atoms with van der Waals surface area (Å²) in [7, 11) is -3.15. The first kappa shape index (κ1) is 16.9. The molecule has 3 unspecified atom stereocenters. The van der Waals surface area contributed by atoms with Crippen LogP contribution >= 0.6 is 11.9 Å². The molecule has 2 aliphatic heterocycles. The third-order valence-corrected chi connectivity index (χ3v) is 6.25. The molecule has 1 aromatic carbocycles. The van der Waals surface area contributed by atoms with Gasteiger partial charge < -0.3 is 0 Å². The van der Waals surface area contributed by atoms with Crippen LogP contribution in [0.1, 0.15) is 18.0 Å². The molecule has 3 rings (SSSR count). The van der Waals surface area contributed by atoms with E-state index in [1.54, 1.807) is 24.1 Å². The molecule has 1 aromatic rings. The lowest BCUT2D eigenvalue weighted by atomic mass is 10.1. The first-order valence-electron chi connectivity index (χ1n) is 7.70. The average Bonchev–Trinajstić information content (AvgIpc) is 3.06. The van der Waals surface area contributed by atoms with Crippen molar-refractivity contribution in [3.05, 3.63) is 29.8 Å². The Morgan fingerprint density at radius 2 is 2.13 bits per heavy atom. The van der Waals surface area contributed by atoms with Gasteiger partial charge in [0.25, 0.3) is 0 Å². The highest BCUT2D eigenvalue weighted by molar-refractivity contribution is 7.98. The van der Waals surface area contributed by atoms with Crippen molar-refractivity contribution in [2.24, 2.45) is 4.99 Å². The Kier molecular flexibility index (Phi) is 5.38. The Bertz CT molecular complexity index is 655. The third kappa shape index (κ3) is 4.54. The van der Waals surface area contributed by atoms with Crippen molar-refractivity contribution < 1.29 is 8.42 Å². The molecule has 23 heavy (non-hydrogen) atoms. The molecule has 0 saturated carbocycles. The highest BCUT2D eigenvalue weighted by atomic mass is 32.2. The van der Waals surface area contributed by atoms with Crippen LogP contribution in [0.4, 0.5) is 0 Å². The number of aliphatic imine (C=N–C) groups is 1. The van der Waals surface area contributed by atoms with E-state index in [-0.39, 0.29) is 12.2 Å². The van der Waals surface area contributed by atoms with Gasteiger partial charge in [0.2, 0.25) is 0 Å². The van der Waals surface area contributed by atoms with Crippen molar-refractivity contribution in [3.8, 4) is 0 Å². The van der Waals surface area contributed by atoms with E-state index in [2.05, 4.69) is 20.3 Å². The molecular formula is C15H22N4O2S2. The maximum absolute atomic E-state index is 11.5. The summed E-state index contributed by atoms with van der Waals surface area (Å²) in [6.07, 6.45) is 4.36. The van der Waals surface area contributed by atoms with Crippen molar-refractivity contribution in [1.29, 1.82) is 0 Å². The molecule has 0 aromatic heterocycles. The lowest BCUT2D eigenvalue weighted by Crippen LogP contribution is -2.50. The van der Waals surface area contributed by atoms with E-state index in [0.717, 1.165) is 18.7 Å². The summed E-state index contributed by atoms with van der Waals surface area (Å²) < 4.78 is 26.3. The minimum Gasteiger partial charge on any atom is -0.296 e. The molecule has 3 atom stereocenters. The zero-order chi connectivity index (χ0) is 16.3. The molecule has 6 nitrogen and oxygen atoms in total. The summed E-state index contributed by atoms with van der Waals surface area (Å²) in [6.45, 7) is 2.66. The molecule has 126 valence electrons. The predicted molar refractivity (Wildman–Crippen MR) is 94.6 cm³/mol. The smallest absolute Gasteiger partial charge is 0.175 e. The van der Waals surface area contributed by atoms with Gasteiger partial charge in [-0.3, -0.25) is 20.3 Å². The molecular weight excluding hydrogens is 332 g/mol. The Morgan fingerprint density at radius 1 is 1.35 bits per heavy atom. The van der Waals surface area contributed by atoms with E-state index >= 15 is 0 Å². The number of hydrogen-bond donors (Lipinski definition) is 3. The molecule has 2 heterocycles. The standard InChI is InChI=1S/C15H22N4O2S2/c1-23(20,21)13-4-2-11(3-5-13)14-9-16-10-15(19-14)17-8-12-6-7-18-22-12/h2-5,10,12,14-15,17-19H,6-9H2,1H3. The molecule has 0 aliphatic carbocycles. The van der Waals surface area contributed by atoms with Gasteiger partial charge in [-0.15, -0.1) is 0 Å². The molecule has 0 radical (unpaired) electrons. The second-order valence-corrected chi connectivity index (χ2v) is 9.09. The summed E-state index contributed by atoms with van der Waals surface area (Å²) in [4.78, 5) is 4.79. The highest BCUT2D eigenvalue weighted by Crippen LogP contribution is 2.19. The number of rotatable bonds is 5. The van der Waals surface area contributed by atoms with Gasteiger partial charge in [0.15, 0.2) is 9.84 Å². The van der Waals surface area contributed by atoms with Gasteiger partial charge in [0.05, 0.1) is 23.6 Å². The fourth-order valence-corrected chi connectivity index (χ4v) is 4.22. The fourth-order valence-electron chi connectivity index (χ4n) is 2.70. The van der Waals surface area contributed by atoms with Gasteiger partial charge >= 0.3 is 0 Å². The Hall–Kier alpha value is -0.930. The molecule has 0 spiro atoms. The molecule has 1 fully saturated rings. The van der Waals surface area contributed by atoms with E-state index in [9.17, 15) is 8.42 Å². The van der Waals surface area contributed by atoms with Gasteiger partial charge in [-0.05, 0) is 24.1 Å². The molecule has 3 N–H and O–H groups in total. The van der Waals surface area contributed by atoms with Crippen LogP contribution in [-0.4, -0.2) is 51.9 Å². The van der Waals surface area contributed by atoms with Crippen LogP contribution in [-0.2, 0) is 9.84 Å². The van der Waals surface area contributed by atoms with Crippen molar-refractivity contribution in [3.63, 3.8) is 0 Å². The van der Waals surface area contributed by atoms with Crippen LogP contribution in [0.2, 0.25) is 0 Å². The number of sulfone groups is 1. The number of nitrogens with one attached hydrogen (secondary N) is 3. The quantitative estimate of drug-likeness (QED) is 0.677. The van der Waals surface area contributed by atoms with Gasteiger partial charge in [-0.1, -0.05) is 24.1 Å². The summed E-state index contributed by atoms with van der Waals surface area (Å²) >= 11 is 1.79. The fraction of sp³-hybridized carbons (Fsp3) is 0.533. The van der Waals surface area contributed by atoms with Gasteiger partial charge in [-0.2, -0.15) is 0 Å². The van der Waals surface area contributed by atoms with Crippen LogP contribution in [0.15, 0.2) is 34.2 Å². The van der Waals surface area contributed by atoms with Crippen LogP contribution in [0, 0.1) is 0 Å². The summed E-state index contributed by atoms with van der Waals surface area (Å²) in [5.41, 5.74) is 1.05. The number of benzene rings is 1. The number of hydrogen-bond acceptors (Lipinski definition) is 7. The first-order chi connectivity index (χ1) is 11.0. The predicted octanol–water partition coefficient (Wildman–Crippen LogP) is 0.731. The van der Waals surface area contributed by atoms with Crippen LogP contribution in [0.5, 0.6) is 0 Å². The normalized spacial score (nSPS) is 28.1. The van der Waals surface area contributed by atoms with Gasteiger partial charge in [0.1, 0.15) is 0 Å². The minimum absolute atomic E-state index is 0.0459. The maximum Gasteiger partial charge on any atom is 0.175 e. The monoisotopic (exact) mass is 354 g/mol. The van der Waals surface area contributed by atoms with E-state index in [1.165, 1.54) is 12.7 Å². The van der Waals surface area contributed by atoms with Crippen molar-refractivity contribution in [2.75, 3.05) is 25.9 Å². The molecule has 0 amide bonds. The van der Waals surface area contributed by atoms with Crippen molar-refractivity contribution >= 4 is 28.0 Å². The second-order valence-electron chi connectivity index (χ2n) is 5.88. The third-order valence-electron chi connectivity index (χ3n) is 4.02. The Morgan fingerprint density at radius 3 is 2.78 bits per heavy atom. The molecule has 0 bridgehead atoms. The Labute approximate surface area is 141 Å². The van der Waals surface area contributed by atoms with E-state index in [1.807, 2.05) is 18.3 Å². The van der Waals surface area contributed by atoms with Gasteiger partial charge in [0, 0.05) is 30.8 Å². The molecule has 2 aliphatic rings. The maximum atomic E-state index is 11.5. The largest absolute Gasteiger partial charge is 0.296 e. The molecule has 8 heteroatoms. The van der Waals surface area contributed by atoms with Crippen LogP contribution < -0.4 is 15.4 Å². The van der Waals surface area contributed by atoms with Gasteiger partial charge in [-0.25, -0.2) is 8.42 Å².